The molecule has 0 unspecified atom stereocenters. The highest BCUT2D eigenvalue weighted by Gasteiger charge is 2.18. The number of alkyl carbamates (subject to hydrolysis) is 1. The summed E-state index contributed by atoms with van der Waals surface area (Å²) in [5.74, 6) is -1.30. The van der Waals surface area contributed by atoms with Gasteiger partial charge in [-0.3, -0.25) is 0 Å². The lowest BCUT2D eigenvalue weighted by Crippen LogP contribution is -2.32. The minimum atomic E-state index is -1.01. The van der Waals surface area contributed by atoms with E-state index in [1.165, 1.54) is 23.5 Å². The summed E-state index contributed by atoms with van der Waals surface area (Å²) in [6, 6.07) is 9.27. The molecule has 2 N–H and O–H groups in total. The first-order valence-corrected chi connectivity index (χ1v) is 10.2. The zero-order valence-corrected chi connectivity index (χ0v) is 17.8. The number of nitrogens with one attached hydrogen (secondary N) is 1. The summed E-state index contributed by atoms with van der Waals surface area (Å²) < 4.78 is 22.2. The Balaban J connectivity index is 1.56. The number of hydrogen-bond acceptors (Lipinski definition) is 6. The Morgan fingerprint density at radius 1 is 1.23 bits per heavy atom. The van der Waals surface area contributed by atoms with E-state index in [1.807, 2.05) is 0 Å². The lowest BCUT2D eigenvalue weighted by Gasteiger charge is -2.19. The van der Waals surface area contributed by atoms with E-state index in [9.17, 15) is 14.0 Å². The smallest absolute Gasteiger partial charge is 0.407 e. The normalized spacial score (nSPS) is 11.7. The van der Waals surface area contributed by atoms with Crippen molar-refractivity contribution in [3.63, 3.8) is 0 Å². The number of rotatable bonds is 4. The van der Waals surface area contributed by atoms with Crippen LogP contribution in [0.4, 0.5) is 9.18 Å². The van der Waals surface area contributed by atoms with Gasteiger partial charge in [0, 0.05) is 6.54 Å². The Kier molecular flexibility index (Phi) is 5.10. The van der Waals surface area contributed by atoms with Gasteiger partial charge >= 0.3 is 12.1 Å². The summed E-state index contributed by atoms with van der Waals surface area (Å²) in [6.45, 7) is 5.41. The van der Waals surface area contributed by atoms with Crippen LogP contribution in [-0.4, -0.2) is 37.4 Å². The molecule has 2 aromatic heterocycles. The van der Waals surface area contributed by atoms with Crippen molar-refractivity contribution in [2.24, 2.45) is 0 Å². The van der Waals surface area contributed by atoms with Crippen molar-refractivity contribution in [2.75, 3.05) is 0 Å². The third-order valence-electron chi connectivity index (χ3n) is 4.32. The Morgan fingerprint density at radius 2 is 2.00 bits per heavy atom. The molecule has 10 heteroatoms. The Bertz CT molecular complexity index is 1320. The van der Waals surface area contributed by atoms with Gasteiger partial charge in [-0.25, -0.2) is 18.5 Å². The molecule has 31 heavy (non-hydrogen) atoms. The van der Waals surface area contributed by atoms with Crippen LogP contribution in [0.25, 0.3) is 26.6 Å². The van der Waals surface area contributed by atoms with Crippen LogP contribution in [0.3, 0.4) is 0 Å². The fourth-order valence-electron chi connectivity index (χ4n) is 2.98. The fourth-order valence-corrected chi connectivity index (χ4v) is 3.97. The van der Waals surface area contributed by atoms with Crippen LogP contribution >= 0.6 is 11.3 Å². The Hall–Kier alpha value is -3.53. The Morgan fingerprint density at radius 3 is 2.68 bits per heavy atom. The molecule has 0 aliphatic carbocycles. The predicted octanol–water partition coefficient (Wildman–Crippen LogP) is 4.47. The molecule has 0 atom stereocenters. The number of amides is 1. The van der Waals surface area contributed by atoms with Crippen molar-refractivity contribution >= 4 is 38.6 Å². The highest BCUT2D eigenvalue weighted by atomic mass is 32.1. The van der Waals surface area contributed by atoms with Gasteiger partial charge in [-0.1, -0.05) is 17.4 Å². The van der Waals surface area contributed by atoms with E-state index < -0.39 is 23.5 Å². The van der Waals surface area contributed by atoms with Crippen molar-refractivity contribution < 1.29 is 23.8 Å². The van der Waals surface area contributed by atoms with Crippen LogP contribution in [0.15, 0.2) is 36.4 Å². The summed E-state index contributed by atoms with van der Waals surface area (Å²) in [5, 5.41) is 16.1. The topological polar surface area (TPSA) is 106 Å². The number of carbonyl (C=O) groups is 2. The summed E-state index contributed by atoms with van der Waals surface area (Å²) in [6.07, 6.45) is -0.578. The minimum Gasteiger partial charge on any atom is -0.478 e. The van der Waals surface area contributed by atoms with Gasteiger partial charge in [-0.05, 0) is 56.7 Å². The van der Waals surface area contributed by atoms with Crippen molar-refractivity contribution in [2.45, 2.75) is 32.9 Å². The van der Waals surface area contributed by atoms with E-state index in [4.69, 9.17) is 9.84 Å². The van der Waals surface area contributed by atoms with Gasteiger partial charge in [0.15, 0.2) is 5.82 Å². The number of fused-ring (bicyclic) bond motifs is 3. The third kappa shape index (κ3) is 4.33. The number of carboxylic acid groups (broad SMARTS) is 1. The van der Waals surface area contributed by atoms with E-state index in [2.05, 4.69) is 15.4 Å². The molecule has 0 fully saturated rings. The quantitative estimate of drug-likeness (QED) is 0.483. The fraction of sp³-hybridized carbons (Fsp3) is 0.238. The highest BCUT2D eigenvalue weighted by molar-refractivity contribution is 7.23. The molecule has 0 spiro atoms. The molecular formula is C21H19FN4O4S. The first kappa shape index (κ1) is 20.7. The number of ether oxygens (including phenoxy) is 1. The molecule has 4 aromatic rings. The lowest BCUT2D eigenvalue weighted by atomic mass is 10.1. The second-order valence-electron chi connectivity index (χ2n) is 7.89. The highest BCUT2D eigenvalue weighted by Crippen LogP contribution is 2.29. The second-order valence-corrected chi connectivity index (χ2v) is 8.90. The van der Waals surface area contributed by atoms with E-state index in [-0.39, 0.29) is 23.5 Å². The van der Waals surface area contributed by atoms with Crippen LogP contribution in [-0.2, 0) is 11.3 Å². The molecule has 2 heterocycles. The van der Waals surface area contributed by atoms with Gasteiger partial charge in [0.05, 0.1) is 21.3 Å². The molecule has 0 aliphatic rings. The van der Waals surface area contributed by atoms with Crippen LogP contribution in [0.2, 0.25) is 0 Å². The molecular weight excluding hydrogens is 423 g/mol. The van der Waals surface area contributed by atoms with Crippen LogP contribution in [0.1, 0.15) is 36.7 Å². The number of aromatic carboxylic acids is 1. The zero-order chi connectivity index (χ0) is 22.3. The van der Waals surface area contributed by atoms with Gasteiger partial charge in [0.1, 0.15) is 11.4 Å². The number of halogens is 1. The van der Waals surface area contributed by atoms with Gasteiger partial charge in [-0.15, -0.1) is 5.10 Å². The molecule has 0 saturated carbocycles. The molecule has 8 nitrogen and oxygen atoms in total. The summed E-state index contributed by atoms with van der Waals surface area (Å²) >= 11 is 1.28. The monoisotopic (exact) mass is 442 g/mol. The van der Waals surface area contributed by atoms with Gasteiger partial charge < -0.3 is 15.2 Å². The number of carboxylic acids is 1. The summed E-state index contributed by atoms with van der Waals surface area (Å²) in [7, 11) is 0. The van der Waals surface area contributed by atoms with Gasteiger partial charge in [0.2, 0.25) is 4.96 Å². The molecule has 0 saturated heterocycles. The first-order chi connectivity index (χ1) is 14.6. The third-order valence-corrected chi connectivity index (χ3v) is 5.32. The zero-order valence-electron chi connectivity index (χ0n) is 17.0. The molecule has 4 rings (SSSR count). The molecule has 2 aromatic carbocycles. The predicted molar refractivity (Wildman–Crippen MR) is 114 cm³/mol. The number of hydrogen-bond donors (Lipinski definition) is 2. The Labute approximate surface area is 180 Å². The molecule has 1 amide bonds. The van der Waals surface area contributed by atoms with E-state index in [0.717, 1.165) is 4.70 Å². The molecule has 0 bridgehead atoms. The maximum absolute atomic E-state index is 14.7. The number of nitrogens with zero attached hydrogens (tertiary/aromatic N) is 3. The van der Waals surface area contributed by atoms with Gasteiger partial charge in [-0.2, -0.15) is 4.98 Å². The number of benzene rings is 2. The maximum Gasteiger partial charge on any atom is 0.407 e. The van der Waals surface area contributed by atoms with E-state index in [1.54, 1.807) is 49.6 Å². The molecule has 0 aliphatic heterocycles. The van der Waals surface area contributed by atoms with Crippen molar-refractivity contribution in [3.8, 4) is 11.4 Å². The number of carbonyl (C=O) groups excluding carboxylic acids is 1. The molecule has 0 radical (unpaired) electrons. The maximum atomic E-state index is 14.7. The van der Waals surface area contributed by atoms with Crippen LogP contribution < -0.4 is 5.32 Å². The minimum absolute atomic E-state index is 0.119. The van der Waals surface area contributed by atoms with E-state index >= 15 is 0 Å². The van der Waals surface area contributed by atoms with Crippen LogP contribution in [0, 0.1) is 5.82 Å². The average molecular weight is 442 g/mol. The van der Waals surface area contributed by atoms with Gasteiger partial charge in [0.25, 0.3) is 0 Å². The van der Waals surface area contributed by atoms with Crippen molar-refractivity contribution in [3.05, 3.63) is 53.3 Å². The number of thiazole rings is 1. The lowest BCUT2D eigenvalue weighted by molar-refractivity contribution is 0.0523. The first-order valence-electron chi connectivity index (χ1n) is 9.39. The average Bonchev–Trinajstić information content (AvgIpc) is 3.22. The van der Waals surface area contributed by atoms with Crippen molar-refractivity contribution in [1.82, 2.24) is 19.9 Å². The van der Waals surface area contributed by atoms with Crippen LogP contribution in [0.5, 0.6) is 0 Å². The standard InChI is InChI=1S/C21H19FN4O4S/c1-21(2,3)30-20(29)23-10-11-4-6-13(14(22)8-11)17-24-19-26(25-17)15-7-5-12(18(27)28)9-16(15)31-19/h4-9H,10H2,1-3H3,(H,23,29)(H,27,28). The van der Waals surface area contributed by atoms with E-state index in [0.29, 0.717) is 16.0 Å². The molecule has 160 valence electrons. The largest absolute Gasteiger partial charge is 0.478 e. The summed E-state index contributed by atoms with van der Waals surface area (Å²) in [5.41, 5.74) is 1.06. The summed E-state index contributed by atoms with van der Waals surface area (Å²) in [4.78, 5) is 27.8. The number of aromatic nitrogens is 3. The SMILES string of the molecule is CC(C)(C)OC(=O)NCc1ccc(-c2nc3sc4cc(C(=O)O)ccc4n3n2)c(F)c1. The van der Waals surface area contributed by atoms with Crippen molar-refractivity contribution in [1.29, 1.82) is 0 Å². The second kappa shape index (κ2) is 7.62.